The van der Waals surface area contributed by atoms with E-state index >= 15 is 0 Å². The molecule has 1 unspecified atom stereocenters. The monoisotopic (exact) mass is 155 g/mol. The highest BCUT2D eigenvalue weighted by molar-refractivity contribution is 4.98. The zero-order valence-corrected chi connectivity index (χ0v) is 8.11. The third-order valence-corrected chi connectivity index (χ3v) is 3.40. The van der Waals surface area contributed by atoms with Crippen LogP contribution in [-0.4, -0.2) is 13.1 Å². The minimum atomic E-state index is 0.764. The predicted octanol–water partition coefficient (Wildman–Crippen LogP) is 2.42. The van der Waals surface area contributed by atoms with Crippen molar-refractivity contribution in [3.05, 3.63) is 0 Å². The maximum absolute atomic E-state index is 3.45. The lowest BCUT2D eigenvalue weighted by molar-refractivity contribution is 0.0676. The van der Waals surface area contributed by atoms with Crippen molar-refractivity contribution in [3.63, 3.8) is 0 Å². The van der Waals surface area contributed by atoms with E-state index in [4.69, 9.17) is 0 Å². The molecule has 2 aliphatic rings. The van der Waals surface area contributed by atoms with Crippen LogP contribution in [0.3, 0.4) is 0 Å². The van der Waals surface area contributed by atoms with Gasteiger partial charge in [0.1, 0.15) is 0 Å². The van der Waals surface area contributed by atoms with Gasteiger partial charge in [0.2, 0.25) is 0 Å². The number of hydrogen-bond acceptors (Lipinski definition) is 1. The van der Waals surface area contributed by atoms with Gasteiger partial charge in [0.05, 0.1) is 0 Å². The molecular weight excluding hydrogens is 134 g/mol. The minimum Gasteiger partial charge on any atom is -0.316 e. The fourth-order valence-electron chi connectivity index (χ4n) is 2.24. The summed E-state index contributed by atoms with van der Waals surface area (Å²) in [5, 5.41) is 3.45. The normalized spacial score (nSPS) is 41.2. The van der Waals surface area contributed by atoms with Crippen molar-refractivity contribution in [2.45, 2.75) is 40.0 Å². The topological polar surface area (TPSA) is 12.0 Å². The summed E-state index contributed by atoms with van der Waals surface area (Å²) in [6.45, 7) is 8.97. The van der Waals surface area contributed by atoms with Crippen molar-refractivity contribution in [2.24, 2.45) is 11.3 Å². The van der Waals surface area contributed by atoms with Gasteiger partial charge in [-0.2, -0.15) is 0 Å². The summed E-state index contributed by atoms with van der Waals surface area (Å²) in [4.78, 5) is 0. The van der Waals surface area contributed by atoms with E-state index in [-0.39, 0.29) is 0 Å². The van der Waals surface area contributed by atoms with Gasteiger partial charge in [-0.15, -0.1) is 0 Å². The predicted molar refractivity (Wildman–Crippen MR) is 49.7 cm³/mol. The van der Waals surface area contributed by atoms with Crippen LogP contribution < -0.4 is 5.32 Å². The van der Waals surface area contributed by atoms with E-state index < -0.39 is 0 Å². The van der Waals surface area contributed by atoms with Crippen molar-refractivity contribution in [2.75, 3.05) is 13.1 Å². The summed E-state index contributed by atoms with van der Waals surface area (Å²) in [6.07, 6.45) is 4.40. The van der Waals surface area contributed by atoms with Gasteiger partial charge in [0, 0.05) is 6.54 Å². The largest absolute Gasteiger partial charge is 0.316 e. The van der Waals surface area contributed by atoms with E-state index in [1.165, 1.54) is 32.4 Å². The zero-order chi connectivity index (χ0) is 8.32. The lowest BCUT2D eigenvalue weighted by Gasteiger charge is -2.44. The molecule has 66 valence electrons. The van der Waals surface area contributed by atoms with Crippen LogP contribution >= 0.6 is 0 Å². The molecule has 2 rings (SSSR count). The van der Waals surface area contributed by atoms with Crippen LogP contribution in [0.2, 0.25) is 0 Å². The van der Waals surface area contributed by atoms with Gasteiger partial charge in [0.15, 0.2) is 0 Å². The third-order valence-electron chi connectivity index (χ3n) is 3.40. The number of nitrogens with one attached hydrogen (secondary N) is 1. The molecule has 1 spiro atoms. The first-order valence-corrected chi connectivity index (χ1v) is 5.04. The van der Waals surface area contributed by atoms with Crippen molar-refractivity contribution in [1.29, 1.82) is 0 Å². The van der Waals surface area contributed by atoms with Crippen LogP contribution in [0, 0.1) is 11.3 Å². The van der Waals surface area contributed by atoms with E-state index in [0.717, 1.165) is 11.3 Å². The minimum absolute atomic E-state index is 0.764. The van der Waals surface area contributed by atoms with E-state index in [1.54, 1.807) is 0 Å². The Hall–Kier alpha value is -0.0400. The summed E-state index contributed by atoms with van der Waals surface area (Å²) in [5.41, 5.74) is 0.764. The molecule has 0 bridgehead atoms. The van der Waals surface area contributed by atoms with Crippen LogP contribution in [0.1, 0.15) is 40.0 Å². The standard InChI is InChI=1S/C8H15N.C2H6/c1-7-2-3-8(7)4-5-9-6-8;1-2/h7,9H,2-6H2,1H3;1-2H3/t7?,8-;/m0./s1. The van der Waals surface area contributed by atoms with Gasteiger partial charge in [-0.1, -0.05) is 20.8 Å². The molecule has 0 aromatic rings. The Balaban J connectivity index is 0.000000281. The molecule has 1 N–H and O–H groups in total. The van der Waals surface area contributed by atoms with Crippen molar-refractivity contribution in [3.8, 4) is 0 Å². The van der Waals surface area contributed by atoms with Crippen LogP contribution in [0.5, 0.6) is 0 Å². The molecule has 2 fully saturated rings. The Morgan fingerprint density at radius 2 is 2.00 bits per heavy atom. The van der Waals surface area contributed by atoms with Crippen LogP contribution in [0.4, 0.5) is 0 Å². The van der Waals surface area contributed by atoms with Crippen molar-refractivity contribution in [1.82, 2.24) is 5.32 Å². The maximum atomic E-state index is 3.45. The highest BCUT2D eigenvalue weighted by Gasteiger charge is 2.45. The molecule has 1 heteroatoms. The molecule has 1 aliphatic carbocycles. The maximum Gasteiger partial charge on any atom is 0.00108 e. The summed E-state index contributed by atoms with van der Waals surface area (Å²) < 4.78 is 0. The molecule has 1 nitrogen and oxygen atoms in total. The fraction of sp³-hybridized carbons (Fsp3) is 1.00. The molecule has 1 aliphatic heterocycles. The van der Waals surface area contributed by atoms with Gasteiger partial charge < -0.3 is 5.32 Å². The molecule has 0 aromatic carbocycles. The van der Waals surface area contributed by atoms with Gasteiger partial charge in [-0.05, 0) is 37.1 Å². The van der Waals surface area contributed by atoms with Crippen molar-refractivity contribution >= 4 is 0 Å². The second-order valence-corrected chi connectivity index (χ2v) is 3.73. The van der Waals surface area contributed by atoms with Crippen LogP contribution in [0.25, 0.3) is 0 Å². The quantitative estimate of drug-likeness (QED) is 0.566. The average molecular weight is 155 g/mol. The Labute approximate surface area is 70.6 Å². The van der Waals surface area contributed by atoms with Gasteiger partial charge >= 0.3 is 0 Å². The Morgan fingerprint density at radius 1 is 1.27 bits per heavy atom. The Bertz CT molecular complexity index is 114. The first-order chi connectivity index (χ1) is 5.33. The first-order valence-electron chi connectivity index (χ1n) is 5.04. The van der Waals surface area contributed by atoms with Gasteiger partial charge in [0.25, 0.3) is 0 Å². The smallest absolute Gasteiger partial charge is 0.00108 e. The van der Waals surface area contributed by atoms with Crippen molar-refractivity contribution < 1.29 is 0 Å². The number of rotatable bonds is 0. The third kappa shape index (κ3) is 1.44. The Morgan fingerprint density at radius 3 is 2.18 bits per heavy atom. The average Bonchev–Trinajstić information content (AvgIpc) is 2.56. The molecule has 0 aromatic heterocycles. The SMILES string of the molecule is CC.CC1CC[C@@]12CCNC2. The summed E-state index contributed by atoms with van der Waals surface area (Å²) in [6, 6.07) is 0. The summed E-state index contributed by atoms with van der Waals surface area (Å²) in [5.74, 6) is 1.01. The molecule has 1 heterocycles. The molecule has 1 saturated heterocycles. The zero-order valence-electron chi connectivity index (χ0n) is 8.11. The van der Waals surface area contributed by atoms with Crippen LogP contribution in [0.15, 0.2) is 0 Å². The van der Waals surface area contributed by atoms with E-state index in [2.05, 4.69) is 12.2 Å². The lowest BCUT2D eigenvalue weighted by atomic mass is 9.60. The molecule has 1 saturated carbocycles. The second-order valence-electron chi connectivity index (χ2n) is 3.73. The Kier molecular flexibility index (Phi) is 2.94. The molecular formula is C10H21N. The van der Waals surface area contributed by atoms with E-state index in [0.29, 0.717) is 0 Å². The molecule has 0 amide bonds. The van der Waals surface area contributed by atoms with Gasteiger partial charge in [-0.3, -0.25) is 0 Å². The lowest BCUT2D eigenvalue weighted by Crippen LogP contribution is -2.39. The van der Waals surface area contributed by atoms with Crippen LogP contribution in [-0.2, 0) is 0 Å². The highest BCUT2D eigenvalue weighted by Crippen LogP contribution is 2.50. The summed E-state index contributed by atoms with van der Waals surface area (Å²) in [7, 11) is 0. The molecule has 2 atom stereocenters. The second kappa shape index (κ2) is 3.57. The number of hydrogen-bond donors (Lipinski definition) is 1. The van der Waals surface area contributed by atoms with E-state index in [9.17, 15) is 0 Å². The molecule has 11 heavy (non-hydrogen) atoms. The van der Waals surface area contributed by atoms with E-state index in [1.807, 2.05) is 13.8 Å². The highest BCUT2D eigenvalue weighted by atomic mass is 14.9. The van der Waals surface area contributed by atoms with Gasteiger partial charge in [-0.25, -0.2) is 0 Å². The first kappa shape index (κ1) is 9.05. The fourth-order valence-corrected chi connectivity index (χ4v) is 2.24. The molecule has 0 radical (unpaired) electrons. The summed E-state index contributed by atoms with van der Waals surface area (Å²) >= 11 is 0.